The third kappa shape index (κ3) is 2.66. The van der Waals surface area contributed by atoms with E-state index in [1.54, 1.807) is 6.92 Å². The Morgan fingerprint density at radius 3 is 2.87 bits per heavy atom. The topological polar surface area (TPSA) is 147 Å². The first kappa shape index (κ1) is 14.4. The quantitative estimate of drug-likeness (QED) is 0.370. The molecule has 11 heteroatoms. The lowest BCUT2D eigenvalue weighted by molar-refractivity contribution is -0.401. The molecule has 0 saturated carbocycles. The van der Waals surface area contributed by atoms with Crippen LogP contribution in [-0.2, 0) is 4.79 Å². The zero-order valence-corrected chi connectivity index (χ0v) is 11.8. The Morgan fingerprint density at radius 2 is 2.26 bits per heavy atom. The second kappa shape index (κ2) is 5.36. The number of urea groups is 1. The van der Waals surface area contributed by atoms with E-state index in [0.29, 0.717) is 17.0 Å². The van der Waals surface area contributed by atoms with Gasteiger partial charge in [-0.25, -0.2) is 9.80 Å². The standard InChI is InChI=1S/C12H10N6O5/c1-6(16-17-5-9(19)14-12(17)20)7-4-13-15-11(7)8-2-3-10(23-8)18(21)22/h2-4H,5H2,1H3,(H,13,15)(H,14,19,20). The molecule has 1 fully saturated rings. The molecule has 11 nitrogen and oxygen atoms in total. The SMILES string of the molecule is CC(=NN1CC(=O)NC1=O)c1cn[nH]c1-c1ccc([N+](=O)[O-])o1. The van der Waals surface area contributed by atoms with Crippen LogP contribution in [0.1, 0.15) is 12.5 Å². The molecule has 1 aliphatic rings. The van der Waals surface area contributed by atoms with Crippen LogP contribution in [0, 0.1) is 10.1 Å². The summed E-state index contributed by atoms with van der Waals surface area (Å²) in [4.78, 5) is 32.7. The second-order valence-corrected chi connectivity index (χ2v) is 4.65. The van der Waals surface area contributed by atoms with Crippen molar-refractivity contribution < 1.29 is 18.9 Å². The largest absolute Gasteiger partial charge is 0.433 e. The maximum atomic E-state index is 11.5. The number of hydrogen-bond acceptors (Lipinski definition) is 7. The van der Waals surface area contributed by atoms with E-state index in [0.717, 1.165) is 5.01 Å². The number of H-pyrrole nitrogens is 1. The van der Waals surface area contributed by atoms with Crippen molar-refractivity contribution in [1.29, 1.82) is 0 Å². The van der Waals surface area contributed by atoms with Crippen molar-refractivity contribution in [3.8, 4) is 11.5 Å². The number of carbonyl (C=O) groups is 2. The van der Waals surface area contributed by atoms with E-state index < -0.39 is 22.7 Å². The van der Waals surface area contributed by atoms with Gasteiger partial charge in [-0.2, -0.15) is 10.2 Å². The van der Waals surface area contributed by atoms with E-state index in [1.165, 1.54) is 18.3 Å². The lowest BCUT2D eigenvalue weighted by atomic mass is 10.1. The molecular formula is C12H10N6O5. The molecule has 3 amide bonds. The minimum absolute atomic E-state index is 0.171. The number of carbonyl (C=O) groups excluding carboxylic acids is 2. The van der Waals surface area contributed by atoms with Gasteiger partial charge in [0.2, 0.25) is 5.91 Å². The Bertz CT molecular complexity index is 835. The van der Waals surface area contributed by atoms with Crippen LogP contribution in [0.3, 0.4) is 0 Å². The Kier molecular flexibility index (Phi) is 3.37. The van der Waals surface area contributed by atoms with Gasteiger partial charge in [0.05, 0.1) is 18.0 Å². The molecule has 3 rings (SSSR count). The van der Waals surface area contributed by atoms with Gasteiger partial charge in [0.1, 0.15) is 17.2 Å². The first-order valence-corrected chi connectivity index (χ1v) is 6.40. The highest BCUT2D eigenvalue weighted by Crippen LogP contribution is 2.27. The normalized spacial score (nSPS) is 15.2. The molecule has 23 heavy (non-hydrogen) atoms. The average Bonchev–Trinajstić information content (AvgIpc) is 3.18. The third-order valence-corrected chi connectivity index (χ3v) is 3.09. The Labute approximate surface area is 128 Å². The highest BCUT2D eigenvalue weighted by Gasteiger charge is 2.27. The van der Waals surface area contributed by atoms with Crippen LogP contribution in [0.2, 0.25) is 0 Å². The van der Waals surface area contributed by atoms with Crippen LogP contribution in [0.15, 0.2) is 27.8 Å². The van der Waals surface area contributed by atoms with Crippen LogP contribution in [0.5, 0.6) is 0 Å². The minimum Gasteiger partial charge on any atom is -0.399 e. The first-order valence-electron chi connectivity index (χ1n) is 6.40. The van der Waals surface area contributed by atoms with Gasteiger partial charge in [0.15, 0.2) is 5.76 Å². The van der Waals surface area contributed by atoms with Crippen LogP contribution in [0.25, 0.3) is 11.5 Å². The first-order chi connectivity index (χ1) is 11.0. The number of rotatable bonds is 4. The van der Waals surface area contributed by atoms with Crippen molar-refractivity contribution in [1.82, 2.24) is 20.5 Å². The molecule has 1 saturated heterocycles. The molecule has 0 spiro atoms. The Hall–Kier alpha value is -3.50. The van der Waals surface area contributed by atoms with Gasteiger partial charge >= 0.3 is 11.9 Å². The van der Waals surface area contributed by atoms with Gasteiger partial charge in [-0.3, -0.25) is 25.3 Å². The zero-order valence-electron chi connectivity index (χ0n) is 11.8. The van der Waals surface area contributed by atoms with Gasteiger partial charge in [-0.15, -0.1) is 0 Å². The molecule has 0 atom stereocenters. The number of amides is 3. The number of imide groups is 1. The van der Waals surface area contributed by atoms with Crippen LogP contribution in [-0.4, -0.2) is 44.3 Å². The summed E-state index contributed by atoms with van der Waals surface area (Å²) in [6.45, 7) is 1.44. The monoisotopic (exact) mass is 318 g/mol. The minimum atomic E-state index is -0.652. The summed E-state index contributed by atoms with van der Waals surface area (Å²) in [6, 6.07) is 2.03. The number of nitrogens with one attached hydrogen (secondary N) is 2. The van der Waals surface area contributed by atoms with E-state index in [1.807, 2.05) is 0 Å². The number of hydrogen-bond donors (Lipinski definition) is 2. The number of nitrogens with zero attached hydrogens (tertiary/aromatic N) is 4. The van der Waals surface area contributed by atoms with Crippen molar-refractivity contribution in [3.63, 3.8) is 0 Å². The van der Waals surface area contributed by atoms with Crippen molar-refractivity contribution in [2.75, 3.05) is 6.54 Å². The van der Waals surface area contributed by atoms with Crippen LogP contribution in [0.4, 0.5) is 10.7 Å². The Morgan fingerprint density at radius 1 is 1.48 bits per heavy atom. The summed E-state index contributed by atoms with van der Waals surface area (Å²) in [7, 11) is 0. The summed E-state index contributed by atoms with van der Waals surface area (Å²) >= 11 is 0. The molecule has 0 unspecified atom stereocenters. The molecule has 0 radical (unpaired) electrons. The van der Waals surface area contributed by atoms with E-state index in [-0.39, 0.29) is 12.3 Å². The summed E-state index contributed by atoms with van der Waals surface area (Å²) in [6.07, 6.45) is 1.44. The molecule has 1 aliphatic heterocycles. The number of hydrazone groups is 1. The molecule has 2 aromatic heterocycles. The van der Waals surface area contributed by atoms with Crippen molar-refractivity contribution >= 4 is 23.5 Å². The fourth-order valence-electron chi connectivity index (χ4n) is 2.06. The predicted molar refractivity (Wildman–Crippen MR) is 75.4 cm³/mol. The molecule has 2 N–H and O–H groups in total. The summed E-state index contributed by atoms with van der Waals surface area (Å²) in [5.74, 6) is -0.638. The fraction of sp³-hybridized carbons (Fsp3) is 0.167. The highest BCUT2D eigenvalue weighted by atomic mass is 16.6. The Balaban J connectivity index is 1.92. The smallest absolute Gasteiger partial charge is 0.399 e. The number of furan rings is 1. The van der Waals surface area contributed by atoms with Gasteiger partial charge in [0.25, 0.3) is 0 Å². The molecule has 0 aliphatic carbocycles. The lowest BCUT2D eigenvalue weighted by Crippen LogP contribution is -2.25. The highest BCUT2D eigenvalue weighted by molar-refractivity contribution is 6.06. The van der Waals surface area contributed by atoms with Gasteiger partial charge in [-0.05, 0) is 13.0 Å². The third-order valence-electron chi connectivity index (χ3n) is 3.09. The average molecular weight is 318 g/mol. The van der Waals surface area contributed by atoms with Crippen molar-refractivity contribution in [2.45, 2.75) is 6.92 Å². The van der Waals surface area contributed by atoms with E-state index in [9.17, 15) is 19.7 Å². The second-order valence-electron chi connectivity index (χ2n) is 4.65. The molecule has 3 heterocycles. The van der Waals surface area contributed by atoms with Gasteiger partial charge in [-0.1, -0.05) is 0 Å². The van der Waals surface area contributed by atoms with E-state index in [4.69, 9.17) is 4.42 Å². The summed E-state index contributed by atoms with van der Waals surface area (Å²) in [5.41, 5.74) is 1.25. The zero-order chi connectivity index (χ0) is 16.6. The number of aromatic nitrogens is 2. The van der Waals surface area contributed by atoms with Crippen LogP contribution >= 0.6 is 0 Å². The molecule has 0 aromatic carbocycles. The van der Waals surface area contributed by atoms with Gasteiger partial charge in [0, 0.05) is 5.56 Å². The lowest BCUT2D eigenvalue weighted by Gasteiger charge is -2.07. The number of nitro groups is 1. The van der Waals surface area contributed by atoms with E-state index >= 15 is 0 Å². The van der Waals surface area contributed by atoms with Crippen LogP contribution < -0.4 is 5.32 Å². The molecule has 2 aromatic rings. The molecule has 0 bridgehead atoms. The molecule has 118 valence electrons. The molecular weight excluding hydrogens is 308 g/mol. The summed E-state index contributed by atoms with van der Waals surface area (Å²) < 4.78 is 5.12. The number of aromatic amines is 1. The maximum Gasteiger partial charge on any atom is 0.433 e. The summed E-state index contributed by atoms with van der Waals surface area (Å²) in [5, 5.41) is 24.4. The van der Waals surface area contributed by atoms with Gasteiger partial charge < -0.3 is 4.42 Å². The fourth-order valence-corrected chi connectivity index (χ4v) is 2.06. The van der Waals surface area contributed by atoms with Crippen molar-refractivity contribution in [2.24, 2.45) is 5.10 Å². The maximum absolute atomic E-state index is 11.5. The van der Waals surface area contributed by atoms with Crippen molar-refractivity contribution in [3.05, 3.63) is 34.0 Å². The predicted octanol–water partition coefficient (Wildman–Crippen LogP) is 0.854. The van der Waals surface area contributed by atoms with E-state index in [2.05, 4.69) is 20.6 Å².